The Bertz CT molecular complexity index is 770. The van der Waals surface area contributed by atoms with Crippen LogP contribution < -0.4 is 21.3 Å². The van der Waals surface area contributed by atoms with E-state index in [1.165, 1.54) is 6.92 Å². The van der Waals surface area contributed by atoms with Crippen LogP contribution >= 0.6 is 0 Å². The van der Waals surface area contributed by atoms with Crippen molar-refractivity contribution in [3.63, 3.8) is 0 Å². The Morgan fingerprint density at radius 2 is 1.31 bits per heavy atom. The highest BCUT2D eigenvalue weighted by atomic mass is 16.2. The molecule has 0 spiro atoms. The van der Waals surface area contributed by atoms with Crippen LogP contribution in [-0.2, 0) is 4.79 Å². The average Bonchev–Trinajstić information content (AvgIpc) is 2.60. The molecule has 2 aromatic carbocycles. The van der Waals surface area contributed by atoms with Gasteiger partial charge >= 0.3 is 6.03 Å². The molecule has 2 rings (SSSR count). The van der Waals surface area contributed by atoms with Gasteiger partial charge in [-0.1, -0.05) is 17.7 Å². The van der Waals surface area contributed by atoms with Crippen molar-refractivity contribution in [2.24, 2.45) is 0 Å². The molecule has 0 saturated heterocycles. The van der Waals surface area contributed by atoms with E-state index in [1.54, 1.807) is 24.3 Å². The Kier molecular flexibility index (Phi) is 6.73. The molecule has 0 unspecified atom stereocenters. The highest BCUT2D eigenvalue weighted by Crippen LogP contribution is 2.09. The maximum Gasteiger partial charge on any atom is 0.319 e. The van der Waals surface area contributed by atoms with Gasteiger partial charge in [-0.05, 0) is 43.3 Å². The molecule has 4 N–H and O–H groups in total. The van der Waals surface area contributed by atoms with E-state index in [4.69, 9.17) is 0 Å². The standard InChI is InChI=1S/C19H22N4O3/c1-13-3-7-17(8-4-13)23-19(26)21-12-11-20-18(25)15-5-9-16(10-6-15)22-14(2)24/h3-10H,11-12H2,1-2H3,(H,20,25)(H,22,24)(H2,21,23,26). The fourth-order valence-electron chi connectivity index (χ4n) is 2.17. The Balaban J connectivity index is 1.70. The molecular formula is C19H22N4O3. The first-order valence-electron chi connectivity index (χ1n) is 8.21. The molecule has 0 fully saturated rings. The molecule has 7 heteroatoms. The maximum atomic E-state index is 12.0. The summed E-state index contributed by atoms with van der Waals surface area (Å²) >= 11 is 0. The van der Waals surface area contributed by atoms with Crippen molar-refractivity contribution in [3.8, 4) is 0 Å². The van der Waals surface area contributed by atoms with Crippen LogP contribution in [0.2, 0.25) is 0 Å². The van der Waals surface area contributed by atoms with Crippen molar-refractivity contribution in [1.29, 1.82) is 0 Å². The van der Waals surface area contributed by atoms with Crippen molar-refractivity contribution in [1.82, 2.24) is 10.6 Å². The normalized spacial score (nSPS) is 9.92. The molecule has 4 amide bonds. The first-order chi connectivity index (χ1) is 12.4. The highest BCUT2D eigenvalue weighted by Gasteiger charge is 2.06. The van der Waals surface area contributed by atoms with Gasteiger partial charge in [0.1, 0.15) is 0 Å². The zero-order valence-corrected chi connectivity index (χ0v) is 14.8. The SMILES string of the molecule is CC(=O)Nc1ccc(C(=O)NCCNC(=O)Nc2ccc(C)cc2)cc1. The Morgan fingerprint density at radius 1 is 0.769 bits per heavy atom. The van der Waals surface area contributed by atoms with Gasteiger partial charge < -0.3 is 21.3 Å². The first kappa shape index (κ1) is 19.0. The number of aryl methyl sites for hydroxylation is 1. The second kappa shape index (κ2) is 9.22. The minimum atomic E-state index is -0.331. The summed E-state index contributed by atoms with van der Waals surface area (Å²) in [6.45, 7) is 3.99. The molecule has 0 radical (unpaired) electrons. The third-order valence-electron chi connectivity index (χ3n) is 3.47. The molecule has 2 aromatic rings. The summed E-state index contributed by atoms with van der Waals surface area (Å²) in [5.41, 5.74) is 2.92. The van der Waals surface area contributed by atoms with Crippen LogP contribution in [0, 0.1) is 6.92 Å². The average molecular weight is 354 g/mol. The molecule has 7 nitrogen and oxygen atoms in total. The van der Waals surface area contributed by atoms with E-state index in [1.807, 2.05) is 31.2 Å². The number of amides is 4. The minimum Gasteiger partial charge on any atom is -0.350 e. The van der Waals surface area contributed by atoms with Gasteiger partial charge in [0.25, 0.3) is 5.91 Å². The van der Waals surface area contributed by atoms with E-state index in [2.05, 4.69) is 21.3 Å². The van der Waals surface area contributed by atoms with E-state index in [0.29, 0.717) is 30.0 Å². The van der Waals surface area contributed by atoms with Crippen LogP contribution in [0.3, 0.4) is 0 Å². The summed E-state index contributed by atoms with van der Waals surface area (Å²) in [5, 5.41) is 10.7. The fourth-order valence-corrected chi connectivity index (χ4v) is 2.17. The first-order valence-corrected chi connectivity index (χ1v) is 8.21. The monoisotopic (exact) mass is 354 g/mol. The molecule has 0 saturated carbocycles. The molecule has 0 atom stereocenters. The number of nitrogens with one attached hydrogen (secondary N) is 4. The fraction of sp³-hybridized carbons (Fsp3) is 0.211. The van der Waals surface area contributed by atoms with E-state index >= 15 is 0 Å². The third-order valence-corrected chi connectivity index (χ3v) is 3.47. The number of hydrogen-bond acceptors (Lipinski definition) is 3. The number of anilines is 2. The largest absolute Gasteiger partial charge is 0.350 e. The number of carbonyl (C=O) groups excluding carboxylic acids is 3. The molecule has 0 aliphatic rings. The molecule has 0 heterocycles. The molecular weight excluding hydrogens is 332 g/mol. The quantitative estimate of drug-likeness (QED) is 0.600. The minimum absolute atomic E-state index is 0.169. The van der Waals surface area contributed by atoms with Gasteiger partial charge in [-0.25, -0.2) is 4.79 Å². The van der Waals surface area contributed by atoms with Crippen LogP contribution in [0.25, 0.3) is 0 Å². The van der Waals surface area contributed by atoms with Gasteiger partial charge in [0, 0.05) is 37.0 Å². The predicted molar refractivity (Wildman–Crippen MR) is 101 cm³/mol. The zero-order chi connectivity index (χ0) is 18.9. The predicted octanol–water partition coefficient (Wildman–Crippen LogP) is 2.50. The summed E-state index contributed by atoms with van der Waals surface area (Å²) in [7, 11) is 0. The lowest BCUT2D eigenvalue weighted by molar-refractivity contribution is -0.114. The second-order valence-electron chi connectivity index (χ2n) is 5.76. The van der Waals surface area contributed by atoms with Gasteiger partial charge in [0.2, 0.25) is 5.91 Å². The number of carbonyl (C=O) groups is 3. The lowest BCUT2D eigenvalue weighted by atomic mass is 10.2. The van der Waals surface area contributed by atoms with Crippen LogP contribution in [0.1, 0.15) is 22.8 Å². The number of rotatable bonds is 6. The van der Waals surface area contributed by atoms with Crippen LogP contribution in [0.5, 0.6) is 0 Å². The topological polar surface area (TPSA) is 99.3 Å². The summed E-state index contributed by atoms with van der Waals surface area (Å²) in [6, 6.07) is 13.7. The second-order valence-corrected chi connectivity index (χ2v) is 5.76. The molecule has 136 valence electrons. The summed E-state index contributed by atoms with van der Waals surface area (Å²) in [5.74, 6) is -0.419. The summed E-state index contributed by atoms with van der Waals surface area (Å²) in [6.07, 6.45) is 0. The molecule has 0 aromatic heterocycles. The summed E-state index contributed by atoms with van der Waals surface area (Å²) in [4.78, 5) is 34.7. The zero-order valence-electron chi connectivity index (χ0n) is 14.8. The van der Waals surface area contributed by atoms with Crippen molar-refractivity contribution in [2.45, 2.75) is 13.8 Å². The van der Waals surface area contributed by atoms with Crippen molar-refractivity contribution >= 4 is 29.2 Å². The van der Waals surface area contributed by atoms with Gasteiger partial charge in [-0.3, -0.25) is 9.59 Å². The van der Waals surface area contributed by atoms with Gasteiger partial charge in [0.05, 0.1) is 0 Å². The van der Waals surface area contributed by atoms with Crippen LogP contribution in [0.15, 0.2) is 48.5 Å². The smallest absolute Gasteiger partial charge is 0.319 e. The van der Waals surface area contributed by atoms with Crippen molar-refractivity contribution < 1.29 is 14.4 Å². The van der Waals surface area contributed by atoms with E-state index in [0.717, 1.165) is 5.56 Å². The lowest BCUT2D eigenvalue weighted by Crippen LogP contribution is -2.36. The maximum absolute atomic E-state index is 12.0. The van der Waals surface area contributed by atoms with E-state index in [-0.39, 0.29) is 17.8 Å². The summed E-state index contributed by atoms with van der Waals surface area (Å²) < 4.78 is 0. The van der Waals surface area contributed by atoms with Crippen LogP contribution in [-0.4, -0.2) is 30.9 Å². The molecule has 26 heavy (non-hydrogen) atoms. The van der Waals surface area contributed by atoms with Gasteiger partial charge in [0.15, 0.2) is 0 Å². The molecule has 0 aliphatic carbocycles. The van der Waals surface area contributed by atoms with E-state index < -0.39 is 0 Å². The van der Waals surface area contributed by atoms with Crippen molar-refractivity contribution in [2.75, 3.05) is 23.7 Å². The Labute approximate surface area is 152 Å². The Hall–Kier alpha value is -3.35. The number of hydrogen-bond donors (Lipinski definition) is 4. The highest BCUT2D eigenvalue weighted by molar-refractivity contribution is 5.95. The molecule has 0 bridgehead atoms. The molecule has 0 aliphatic heterocycles. The van der Waals surface area contributed by atoms with E-state index in [9.17, 15) is 14.4 Å². The Morgan fingerprint density at radius 3 is 1.92 bits per heavy atom. The number of benzene rings is 2. The van der Waals surface area contributed by atoms with Gasteiger partial charge in [-0.2, -0.15) is 0 Å². The third kappa shape index (κ3) is 6.27. The lowest BCUT2D eigenvalue weighted by Gasteiger charge is -2.09. The van der Waals surface area contributed by atoms with Gasteiger partial charge in [-0.15, -0.1) is 0 Å². The van der Waals surface area contributed by atoms with Crippen molar-refractivity contribution in [3.05, 3.63) is 59.7 Å². The number of urea groups is 1. The van der Waals surface area contributed by atoms with Crippen LogP contribution in [0.4, 0.5) is 16.2 Å².